The number of rotatable bonds is 3. The molecule has 0 radical (unpaired) electrons. The number of aryl methyl sites for hydroxylation is 1. The number of nitrogens with zero attached hydrogens (tertiary/aromatic N) is 1. The lowest BCUT2D eigenvalue weighted by molar-refractivity contribution is 0.499. The van der Waals surface area contributed by atoms with E-state index in [2.05, 4.69) is 22.7 Å². The van der Waals surface area contributed by atoms with Gasteiger partial charge in [0, 0.05) is 5.56 Å². The van der Waals surface area contributed by atoms with E-state index < -0.39 is 11.6 Å². The highest BCUT2D eigenvalue weighted by molar-refractivity contribution is 7.80. The lowest BCUT2D eigenvalue weighted by Gasteiger charge is -2.03. The second kappa shape index (κ2) is 5.50. The first-order valence-corrected chi connectivity index (χ1v) is 5.02. The van der Waals surface area contributed by atoms with Crippen LogP contribution in [0.25, 0.3) is 0 Å². The van der Waals surface area contributed by atoms with Gasteiger partial charge in [0.1, 0.15) is 0 Å². The van der Waals surface area contributed by atoms with Gasteiger partial charge >= 0.3 is 0 Å². The van der Waals surface area contributed by atoms with Crippen LogP contribution in [0.15, 0.2) is 17.2 Å². The predicted molar refractivity (Wildman–Crippen MR) is 63.3 cm³/mol. The van der Waals surface area contributed by atoms with E-state index in [-0.39, 0.29) is 10.7 Å². The molecule has 0 unspecified atom stereocenters. The summed E-state index contributed by atoms with van der Waals surface area (Å²) in [4.78, 5) is 0. The summed E-state index contributed by atoms with van der Waals surface area (Å²) < 4.78 is 26.8. The Morgan fingerprint density at radius 1 is 1.50 bits per heavy atom. The molecule has 3 N–H and O–H groups in total. The van der Waals surface area contributed by atoms with Gasteiger partial charge in [0.2, 0.25) is 0 Å². The van der Waals surface area contributed by atoms with Crippen LogP contribution in [0, 0.1) is 11.6 Å². The van der Waals surface area contributed by atoms with Crippen molar-refractivity contribution in [3.8, 4) is 0 Å². The molecule has 1 aromatic rings. The van der Waals surface area contributed by atoms with Gasteiger partial charge in [0.05, 0.1) is 6.21 Å². The topological polar surface area (TPSA) is 50.4 Å². The predicted octanol–water partition coefficient (Wildman–Crippen LogP) is 1.69. The summed E-state index contributed by atoms with van der Waals surface area (Å²) in [6.45, 7) is 1.75. The van der Waals surface area contributed by atoms with Gasteiger partial charge in [-0.1, -0.05) is 13.0 Å². The Balaban J connectivity index is 2.94. The van der Waals surface area contributed by atoms with Crippen molar-refractivity contribution in [2.45, 2.75) is 13.3 Å². The molecule has 0 bridgehead atoms. The van der Waals surface area contributed by atoms with E-state index in [1.807, 2.05) is 0 Å². The monoisotopic (exact) mass is 243 g/mol. The molecule has 0 saturated heterocycles. The maximum Gasteiger partial charge on any atom is 0.184 e. The van der Waals surface area contributed by atoms with E-state index in [1.54, 1.807) is 6.92 Å². The summed E-state index contributed by atoms with van der Waals surface area (Å²) >= 11 is 4.49. The first kappa shape index (κ1) is 12.5. The van der Waals surface area contributed by atoms with E-state index in [0.29, 0.717) is 12.0 Å². The molecule has 86 valence electrons. The van der Waals surface area contributed by atoms with Gasteiger partial charge in [0.15, 0.2) is 16.7 Å². The van der Waals surface area contributed by atoms with Crippen LogP contribution in [0.3, 0.4) is 0 Å². The minimum absolute atomic E-state index is 0.0395. The van der Waals surface area contributed by atoms with Crippen molar-refractivity contribution in [2.24, 2.45) is 10.8 Å². The number of hydrogen-bond acceptors (Lipinski definition) is 2. The Labute approximate surface area is 97.3 Å². The third kappa shape index (κ3) is 2.96. The van der Waals surface area contributed by atoms with Crippen LogP contribution in [0.4, 0.5) is 8.78 Å². The number of halogens is 2. The minimum Gasteiger partial charge on any atom is -0.375 e. The molecule has 0 heterocycles. The van der Waals surface area contributed by atoms with Crippen molar-refractivity contribution in [1.29, 1.82) is 0 Å². The third-order valence-corrected chi connectivity index (χ3v) is 2.04. The fraction of sp³-hybridized carbons (Fsp3) is 0.200. The van der Waals surface area contributed by atoms with E-state index in [4.69, 9.17) is 5.73 Å². The average molecular weight is 243 g/mol. The summed E-state index contributed by atoms with van der Waals surface area (Å²) in [5, 5.41) is 3.51. The van der Waals surface area contributed by atoms with E-state index in [9.17, 15) is 8.78 Å². The van der Waals surface area contributed by atoms with Crippen LogP contribution < -0.4 is 11.2 Å². The molecule has 0 aromatic heterocycles. The maximum absolute atomic E-state index is 13.4. The van der Waals surface area contributed by atoms with Gasteiger partial charge in [-0.2, -0.15) is 5.10 Å². The van der Waals surface area contributed by atoms with Crippen LogP contribution in [0.1, 0.15) is 18.1 Å². The summed E-state index contributed by atoms with van der Waals surface area (Å²) in [7, 11) is 0. The third-order valence-electron chi connectivity index (χ3n) is 1.95. The normalized spacial score (nSPS) is 10.7. The van der Waals surface area contributed by atoms with Crippen molar-refractivity contribution >= 4 is 23.5 Å². The molecule has 0 saturated carbocycles. The molecule has 0 aliphatic heterocycles. The van der Waals surface area contributed by atoms with Crippen LogP contribution in [0.2, 0.25) is 0 Å². The standard InChI is InChI=1S/C10H11F2N3S/c1-2-6-3-4-7(9(12)8(6)11)5-14-15-10(13)16/h3-5H,2H2,1H3,(H3,13,15,16). The highest BCUT2D eigenvalue weighted by Gasteiger charge is 2.10. The van der Waals surface area contributed by atoms with Gasteiger partial charge < -0.3 is 5.73 Å². The molecule has 0 spiro atoms. The number of thiocarbonyl (C=S) groups is 1. The zero-order chi connectivity index (χ0) is 12.1. The second-order valence-corrected chi connectivity index (χ2v) is 3.47. The fourth-order valence-corrected chi connectivity index (χ4v) is 1.20. The number of benzene rings is 1. The first-order chi connectivity index (χ1) is 7.56. The maximum atomic E-state index is 13.4. The zero-order valence-corrected chi connectivity index (χ0v) is 9.44. The number of hydrogen-bond donors (Lipinski definition) is 2. The summed E-state index contributed by atoms with van der Waals surface area (Å²) in [6, 6.07) is 2.96. The SMILES string of the molecule is CCc1ccc(C=NNC(N)=S)c(F)c1F. The molecule has 0 aliphatic carbocycles. The van der Waals surface area contributed by atoms with Crippen molar-refractivity contribution in [3.05, 3.63) is 34.9 Å². The Hall–Kier alpha value is -1.56. The van der Waals surface area contributed by atoms with E-state index in [1.165, 1.54) is 12.1 Å². The van der Waals surface area contributed by atoms with Crippen LogP contribution in [-0.2, 0) is 6.42 Å². The molecule has 0 amide bonds. The van der Waals surface area contributed by atoms with E-state index >= 15 is 0 Å². The summed E-state index contributed by atoms with van der Waals surface area (Å²) in [6.07, 6.45) is 1.56. The van der Waals surface area contributed by atoms with Gasteiger partial charge in [-0.15, -0.1) is 0 Å². The second-order valence-electron chi connectivity index (χ2n) is 3.03. The Bertz CT molecular complexity index is 432. The molecule has 0 fully saturated rings. The van der Waals surface area contributed by atoms with E-state index in [0.717, 1.165) is 6.21 Å². The van der Waals surface area contributed by atoms with Gasteiger partial charge in [-0.3, -0.25) is 5.43 Å². The molecule has 0 atom stereocenters. The van der Waals surface area contributed by atoms with Gasteiger partial charge in [-0.05, 0) is 30.3 Å². The first-order valence-electron chi connectivity index (χ1n) is 4.61. The zero-order valence-electron chi connectivity index (χ0n) is 8.63. The molecule has 0 aliphatic rings. The lowest BCUT2D eigenvalue weighted by Crippen LogP contribution is -2.24. The van der Waals surface area contributed by atoms with Crippen molar-refractivity contribution in [2.75, 3.05) is 0 Å². The smallest absolute Gasteiger partial charge is 0.184 e. The Morgan fingerprint density at radius 2 is 2.19 bits per heavy atom. The molecule has 1 aromatic carbocycles. The molecule has 1 rings (SSSR count). The van der Waals surface area contributed by atoms with Crippen LogP contribution in [0.5, 0.6) is 0 Å². The average Bonchev–Trinajstić information content (AvgIpc) is 2.24. The molecule has 3 nitrogen and oxygen atoms in total. The summed E-state index contributed by atoms with van der Waals surface area (Å²) in [5.41, 5.74) is 7.74. The van der Waals surface area contributed by atoms with Crippen LogP contribution >= 0.6 is 12.2 Å². The lowest BCUT2D eigenvalue weighted by atomic mass is 10.1. The quantitative estimate of drug-likeness (QED) is 0.482. The fourth-order valence-electron chi connectivity index (χ4n) is 1.14. The largest absolute Gasteiger partial charge is 0.375 e. The van der Waals surface area contributed by atoms with Crippen LogP contribution in [-0.4, -0.2) is 11.3 Å². The Kier molecular flexibility index (Phi) is 4.30. The van der Waals surface area contributed by atoms with Gasteiger partial charge in [0.25, 0.3) is 0 Å². The molecular weight excluding hydrogens is 232 g/mol. The Morgan fingerprint density at radius 3 is 2.75 bits per heavy atom. The number of hydrazone groups is 1. The van der Waals surface area contributed by atoms with Crippen molar-refractivity contribution in [3.63, 3.8) is 0 Å². The van der Waals surface area contributed by atoms with Gasteiger partial charge in [-0.25, -0.2) is 8.78 Å². The molecule has 16 heavy (non-hydrogen) atoms. The molecule has 6 heteroatoms. The highest BCUT2D eigenvalue weighted by Crippen LogP contribution is 2.15. The van der Waals surface area contributed by atoms with Crippen molar-refractivity contribution in [1.82, 2.24) is 5.43 Å². The molecular formula is C10H11F2N3S. The summed E-state index contributed by atoms with van der Waals surface area (Å²) in [5.74, 6) is -1.77. The minimum atomic E-state index is -0.923. The highest BCUT2D eigenvalue weighted by atomic mass is 32.1. The number of nitrogens with one attached hydrogen (secondary N) is 1. The number of nitrogens with two attached hydrogens (primary N) is 1. The van der Waals surface area contributed by atoms with Crippen molar-refractivity contribution < 1.29 is 8.78 Å².